The van der Waals surface area contributed by atoms with Crippen LogP contribution in [0.3, 0.4) is 0 Å². The first kappa shape index (κ1) is 36.6. The van der Waals surface area contributed by atoms with Crippen LogP contribution in [0.15, 0.2) is 36.7 Å². The molecule has 54 heavy (non-hydrogen) atoms. The number of rotatable bonds is 10. The highest BCUT2D eigenvalue weighted by molar-refractivity contribution is 5.99. The van der Waals surface area contributed by atoms with Crippen LogP contribution in [0.25, 0.3) is 44.6 Å². The fourth-order valence-corrected chi connectivity index (χ4v) is 7.72. The predicted molar refractivity (Wildman–Crippen MR) is 201 cm³/mol. The predicted octanol–water partition coefficient (Wildman–Crippen LogP) is 5.52. The second-order valence-electron chi connectivity index (χ2n) is 14.9. The Hall–Kier alpha value is -5.80. The summed E-state index contributed by atoms with van der Waals surface area (Å²) in [5, 5.41) is 7.43. The van der Waals surface area contributed by atoms with Gasteiger partial charge in [0.25, 0.3) is 0 Å². The molecular weight excluding hydrogens is 692 g/mol. The molecule has 4 atom stereocenters. The third-order valence-corrected chi connectivity index (χ3v) is 10.6. The highest BCUT2D eigenvalue weighted by Gasteiger charge is 2.39. The van der Waals surface area contributed by atoms with Crippen LogP contribution in [-0.2, 0) is 19.1 Å². The van der Waals surface area contributed by atoms with Gasteiger partial charge in [0.15, 0.2) is 0 Å². The van der Waals surface area contributed by atoms with Crippen molar-refractivity contribution in [1.29, 1.82) is 0 Å². The number of carbonyl (C=O) groups excluding carboxylic acids is 4. The molecule has 0 radical (unpaired) electrons. The van der Waals surface area contributed by atoms with E-state index in [-0.39, 0.29) is 35.7 Å². The van der Waals surface area contributed by atoms with Crippen LogP contribution in [0.1, 0.15) is 77.1 Å². The molecule has 1 aromatic carbocycles. The molecule has 2 aliphatic rings. The maximum absolute atomic E-state index is 13.6. The molecule has 2 saturated heterocycles. The van der Waals surface area contributed by atoms with Gasteiger partial charge in [-0.2, -0.15) is 0 Å². The standard InChI is InChI=1S/C38H48N10O6/c1-19(2)31(45-37(51)53-5)35(49)47-11-7-9-29(47)33-39-17-27(43-33)25-14-21-13-22-15-26(42-24(22)16-23(21)41-25)28-18-40-34(44-28)30-10-8-12-48(30)36(50)32(20(3)4)46-38(52)54-6/h13-20,29-32,41-42H,7-12H2,1-6H3,(H,39,43)(H,40,44)(H,45,51)(H,46,52)/t29?,30?,31-,32?/m0/s1. The lowest BCUT2D eigenvalue weighted by Gasteiger charge is -2.30. The Labute approximate surface area is 312 Å². The highest BCUT2D eigenvalue weighted by atomic mass is 16.5. The zero-order chi connectivity index (χ0) is 38.3. The van der Waals surface area contributed by atoms with Crippen molar-refractivity contribution in [2.45, 2.75) is 77.5 Å². The normalized spacial score (nSPS) is 18.5. The number of alkyl carbamates (subject to hydrolysis) is 2. The lowest BCUT2D eigenvalue weighted by Crippen LogP contribution is -2.51. The number of hydrogen-bond acceptors (Lipinski definition) is 8. The Morgan fingerprint density at radius 1 is 0.648 bits per heavy atom. The van der Waals surface area contributed by atoms with E-state index in [1.54, 1.807) is 22.2 Å². The van der Waals surface area contributed by atoms with Crippen molar-refractivity contribution < 1.29 is 28.7 Å². The summed E-state index contributed by atoms with van der Waals surface area (Å²) in [7, 11) is 2.57. The van der Waals surface area contributed by atoms with Crippen LogP contribution >= 0.6 is 0 Å². The summed E-state index contributed by atoms with van der Waals surface area (Å²) in [6.07, 6.45) is 5.51. The fourth-order valence-electron chi connectivity index (χ4n) is 7.72. The maximum Gasteiger partial charge on any atom is 0.407 e. The van der Waals surface area contributed by atoms with Crippen LogP contribution in [0, 0.1) is 11.8 Å². The molecule has 0 spiro atoms. The number of nitrogens with one attached hydrogen (secondary N) is 6. The van der Waals surface area contributed by atoms with E-state index in [2.05, 4.69) is 64.8 Å². The van der Waals surface area contributed by atoms with Crippen molar-refractivity contribution in [2.24, 2.45) is 11.8 Å². The molecule has 3 unspecified atom stereocenters. The molecule has 4 aromatic heterocycles. The van der Waals surface area contributed by atoms with Crippen molar-refractivity contribution >= 4 is 45.8 Å². The number of carbonyl (C=O) groups is 4. The molecule has 2 aliphatic heterocycles. The summed E-state index contributed by atoms with van der Waals surface area (Å²) in [6, 6.07) is 6.49. The van der Waals surface area contributed by atoms with Gasteiger partial charge in [-0.25, -0.2) is 19.6 Å². The average Bonchev–Trinajstić information content (AvgIpc) is 4.00. The van der Waals surface area contributed by atoms with Gasteiger partial charge in [-0.3, -0.25) is 9.59 Å². The van der Waals surface area contributed by atoms with E-state index < -0.39 is 24.3 Å². The van der Waals surface area contributed by atoms with Gasteiger partial charge in [-0.15, -0.1) is 0 Å². The summed E-state index contributed by atoms with van der Waals surface area (Å²) in [4.78, 5) is 77.9. The minimum Gasteiger partial charge on any atom is -0.453 e. The van der Waals surface area contributed by atoms with Gasteiger partial charge in [0.05, 0.1) is 61.5 Å². The quantitative estimate of drug-likeness (QED) is 0.107. The van der Waals surface area contributed by atoms with Crippen molar-refractivity contribution in [3.05, 3.63) is 48.3 Å². The lowest BCUT2D eigenvalue weighted by molar-refractivity contribution is -0.136. The summed E-state index contributed by atoms with van der Waals surface area (Å²) in [5.74, 6) is 0.877. The van der Waals surface area contributed by atoms with Crippen LogP contribution < -0.4 is 10.6 Å². The number of ether oxygens (including phenoxy) is 2. The van der Waals surface area contributed by atoms with Gasteiger partial charge in [0.1, 0.15) is 23.7 Å². The minimum absolute atomic E-state index is 0.114. The van der Waals surface area contributed by atoms with Crippen LogP contribution in [-0.4, -0.2) is 103 Å². The van der Waals surface area contributed by atoms with Gasteiger partial charge >= 0.3 is 12.2 Å². The van der Waals surface area contributed by atoms with Crippen LogP contribution in [0.5, 0.6) is 0 Å². The summed E-state index contributed by atoms with van der Waals surface area (Å²) >= 11 is 0. The van der Waals surface area contributed by atoms with Gasteiger partial charge in [-0.1, -0.05) is 27.7 Å². The van der Waals surface area contributed by atoms with E-state index in [4.69, 9.17) is 9.47 Å². The highest BCUT2D eigenvalue weighted by Crippen LogP contribution is 2.36. The van der Waals surface area contributed by atoms with E-state index in [1.807, 2.05) is 27.7 Å². The lowest BCUT2D eigenvalue weighted by atomic mass is 10.0. The Morgan fingerprint density at radius 2 is 1.07 bits per heavy atom. The number of amides is 4. The van der Waals surface area contributed by atoms with Crippen LogP contribution in [0.2, 0.25) is 0 Å². The Bertz CT molecular complexity index is 1980. The van der Waals surface area contributed by atoms with E-state index in [0.29, 0.717) is 24.7 Å². The first-order valence-electron chi connectivity index (χ1n) is 18.5. The van der Waals surface area contributed by atoms with Crippen LogP contribution in [0.4, 0.5) is 9.59 Å². The van der Waals surface area contributed by atoms with Gasteiger partial charge < -0.3 is 49.8 Å². The molecule has 16 nitrogen and oxygen atoms in total. The van der Waals surface area contributed by atoms with E-state index in [1.165, 1.54) is 14.2 Å². The van der Waals surface area contributed by atoms with Gasteiger partial charge in [0.2, 0.25) is 11.8 Å². The summed E-state index contributed by atoms with van der Waals surface area (Å²) in [6.45, 7) is 8.75. The third kappa shape index (κ3) is 6.99. The number of H-pyrrole nitrogens is 4. The molecule has 6 N–H and O–H groups in total. The van der Waals surface area contributed by atoms with Crippen molar-refractivity contribution in [3.8, 4) is 22.8 Å². The zero-order valence-electron chi connectivity index (χ0n) is 31.4. The molecule has 286 valence electrons. The number of hydrogen-bond donors (Lipinski definition) is 6. The van der Waals surface area contributed by atoms with Crippen molar-refractivity contribution in [3.63, 3.8) is 0 Å². The number of fused-ring (bicyclic) bond motifs is 2. The monoisotopic (exact) mass is 740 g/mol. The van der Waals surface area contributed by atoms with Crippen molar-refractivity contribution in [1.82, 2.24) is 50.3 Å². The Balaban J connectivity index is 1.07. The fraction of sp³-hybridized carbons (Fsp3) is 0.474. The molecule has 6 heterocycles. The first-order valence-corrected chi connectivity index (χ1v) is 18.5. The van der Waals surface area contributed by atoms with Crippen molar-refractivity contribution in [2.75, 3.05) is 27.3 Å². The van der Waals surface area contributed by atoms with Gasteiger partial charge in [0, 0.05) is 34.9 Å². The summed E-state index contributed by atoms with van der Waals surface area (Å²) < 4.78 is 9.51. The second-order valence-corrected chi connectivity index (χ2v) is 14.9. The second kappa shape index (κ2) is 14.9. The molecule has 0 bridgehead atoms. The minimum atomic E-state index is -0.698. The number of methoxy groups -OCH3 is 2. The molecule has 4 amide bonds. The molecule has 7 rings (SSSR count). The molecule has 16 heteroatoms. The third-order valence-electron chi connectivity index (χ3n) is 10.6. The number of imidazole rings is 2. The maximum atomic E-state index is 13.6. The zero-order valence-corrected chi connectivity index (χ0v) is 31.4. The topological polar surface area (TPSA) is 206 Å². The average molecular weight is 741 g/mol. The Kier molecular flexibility index (Phi) is 10.1. The smallest absolute Gasteiger partial charge is 0.407 e. The number of benzene rings is 1. The van der Waals surface area contributed by atoms with E-state index in [9.17, 15) is 19.2 Å². The Morgan fingerprint density at radius 3 is 1.46 bits per heavy atom. The molecule has 0 aliphatic carbocycles. The number of likely N-dealkylation sites (tertiary alicyclic amines) is 2. The largest absolute Gasteiger partial charge is 0.453 e. The molecule has 2 fully saturated rings. The van der Waals surface area contributed by atoms with Gasteiger partial charge in [-0.05, 0) is 61.8 Å². The first-order chi connectivity index (χ1) is 25.9. The molecule has 0 saturated carbocycles. The SMILES string of the molecule is COC(=O)NC(C(=O)N1CCCC1c1ncc(-c2cc3cc4cc(-c5cnc(C6CCCN6C(=O)[C@@H](NC(=O)OC)C(C)C)[nH]5)[nH]c4cc3[nH]2)[nH]1)C(C)C. The number of nitrogens with zero attached hydrogens (tertiary/aromatic N) is 4. The van der Waals surface area contributed by atoms with E-state index in [0.717, 1.165) is 70.3 Å². The van der Waals surface area contributed by atoms with E-state index >= 15 is 0 Å². The number of aromatic nitrogens is 6. The molecular formula is C38H48N10O6. The summed E-state index contributed by atoms with van der Waals surface area (Å²) in [5.41, 5.74) is 5.25. The number of aromatic amines is 4. The molecule has 5 aromatic rings.